The largest absolute Gasteiger partial charge is 0.349 e. The lowest BCUT2D eigenvalue weighted by Crippen LogP contribution is -2.52. The monoisotopic (exact) mass is 677 g/mol. The minimum atomic E-state index is -3.25. The van der Waals surface area contributed by atoms with E-state index in [1.54, 1.807) is 6.20 Å². The molecule has 1 aliphatic rings. The van der Waals surface area contributed by atoms with Crippen molar-refractivity contribution in [2.45, 2.75) is 16.9 Å². The first-order valence-corrected chi connectivity index (χ1v) is 12.8. The van der Waals surface area contributed by atoms with Gasteiger partial charge in [-0.05, 0) is 64.8 Å². The fourth-order valence-electron chi connectivity index (χ4n) is 4.40. The van der Waals surface area contributed by atoms with Crippen LogP contribution in [0.1, 0.15) is 12.5 Å². The van der Waals surface area contributed by atoms with Crippen molar-refractivity contribution in [2.75, 3.05) is 29.4 Å². The number of aromatic nitrogens is 3. The summed E-state index contributed by atoms with van der Waals surface area (Å²) in [4.78, 5) is 16.3. The van der Waals surface area contributed by atoms with E-state index in [1.165, 1.54) is 6.07 Å². The molecule has 0 spiro atoms. The molecule has 12 heteroatoms. The average molecular weight is 678 g/mol. The van der Waals surface area contributed by atoms with Crippen LogP contribution in [0.25, 0.3) is 22.2 Å². The third-order valence-electron chi connectivity index (χ3n) is 6.13. The summed E-state index contributed by atoms with van der Waals surface area (Å²) in [7, 11) is 0. The minimum Gasteiger partial charge on any atom is -0.349 e. The number of piperazine rings is 1. The van der Waals surface area contributed by atoms with E-state index in [0.29, 0.717) is 25.6 Å². The van der Waals surface area contributed by atoms with Crippen LogP contribution in [0.5, 0.6) is 0 Å². The van der Waals surface area contributed by atoms with Gasteiger partial charge in [0.05, 0.1) is 15.5 Å². The standard InChI is InChI=1S/C24H18BrF5IN5/c1-12-11-35(5-6-36(12)22-16(25)3-2-4-32-22)23-33-19-10-14(24(29,30)31)9-15(21(19)34-23)13-7-17(26)20(28)18(27)8-13/h2-4,7-10,12H,5-6,11H2,1H3,(H,33,34)/t12-/m1/s1. The molecule has 4 aromatic rings. The number of hydrogen-bond acceptors (Lipinski definition) is 4. The Balaban J connectivity index is 1.55. The molecule has 3 heterocycles. The molecular formula is C24H18BrF5IN5. The van der Waals surface area contributed by atoms with Gasteiger partial charge in [0.2, 0.25) is 5.95 Å². The highest BCUT2D eigenvalue weighted by atomic mass is 127. The van der Waals surface area contributed by atoms with Gasteiger partial charge in [0.25, 0.3) is 0 Å². The van der Waals surface area contributed by atoms with Crippen molar-refractivity contribution < 1.29 is 22.0 Å². The maximum Gasteiger partial charge on any atom is 0.321 e. The third kappa shape index (κ3) is 4.64. The molecule has 1 saturated heterocycles. The van der Waals surface area contributed by atoms with E-state index in [4.69, 9.17) is 0 Å². The summed E-state index contributed by atoms with van der Waals surface area (Å²) in [6.07, 6.45) is 1.72. The molecule has 36 heavy (non-hydrogen) atoms. The topological polar surface area (TPSA) is 48.1 Å². The van der Waals surface area contributed by atoms with Gasteiger partial charge in [-0.2, -0.15) is 8.78 Å². The smallest absolute Gasteiger partial charge is 0.321 e. The Hall–Kier alpha value is -2.48. The van der Waals surface area contributed by atoms with Crippen LogP contribution in [0, 0.1) is 17.5 Å². The Labute approximate surface area is 225 Å². The van der Waals surface area contributed by atoms with E-state index < -0.39 is 21.4 Å². The molecule has 2 aromatic heterocycles. The van der Waals surface area contributed by atoms with Gasteiger partial charge >= 0.3 is 3.93 Å². The molecule has 0 aliphatic carbocycles. The van der Waals surface area contributed by atoms with Gasteiger partial charge in [-0.15, -0.1) is 0 Å². The number of nitrogens with zero attached hydrogens (tertiary/aromatic N) is 4. The molecule has 0 saturated carbocycles. The molecule has 0 radical (unpaired) electrons. The third-order valence-corrected chi connectivity index (χ3v) is 7.38. The predicted octanol–water partition coefficient (Wildman–Crippen LogP) is 7.00. The Morgan fingerprint density at radius 3 is 2.47 bits per heavy atom. The molecule has 5 nitrogen and oxygen atoms in total. The summed E-state index contributed by atoms with van der Waals surface area (Å²) in [6.45, 7) is 3.80. The fraction of sp³-hybridized carbons (Fsp3) is 0.250. The molecule has 0 amide bonds. The Bertz CT molecular complexity index is 1430. The fourth-order valence-corrected chi connectivity index (χ4v) is 5.20. The Kier molecular flexibility index (Phi) is 6.60. The van der Waals surface area contributed by atoms with Crippen molar-refractivity contribution in [3.63, 3.8) is 0 Å². The highest BCUT2D eigenvalue weighted by Crippen LogP contribution is 2.41. The summed E-state index contributed by atoms with van der Waals surface area (Å²) >= 11 is 4.53. The van der Waals surface area contributed by atoms with Gasteiger partial charge in [0.15, 0.2) is 17.5 Å². The van der Waals surface area contributed by atoms with E-state index in [1.807, 2.05) is 24.0 Å². The van der Waals surface area contributed by atoms with Crippen LogP contribution >= 0.6 is 38.5 Å². The summed E-state index contributed by atoms with van der Waals surface area (Å²) < 4.78 is 67.7. The minimum absolute atomic E-state index is 0.0483. The molecule has 5 rings (SSSR count). The molecule has 0 bridgehead atoms. The van der Waals surface area contributed by atoms with Gasteiger partial charge in [-0.1, -0.05) is 0 Å². The van der Waals surface area contributed by atoms with Gasteiger partial charge in [0, 0.05) is 65.6 Å². The zero-order chi connectivity index (χ0) is 25.8. The first-order valence-electron chi connectivity index (χ1n) is 10.9. The SMILES string of the molecule is C[C@@H]1CN(c2nc3c(-c4cc(F)c(F)c(F)c4)cc(C(F)(F)I)cc3[nH]2)CCN1c1ncccc1Br. The molecule has 1 atom stereocenters. The number of fused-ring (bicyclic) bond motifs is 1. The van der Waals surface area contributed by atoms with Crippen molar-refractivity contribution in [3.8, 4) is 11.1 Å². The number of halogens is 7. The molecule has 1 aliphatic heterocycles. The van der Waals surface area contributed by atoms with Crippen molar-refractivity contribution in [3.05, 3.63) is 70.1 Å². The molecule has 1 fully saturated rings. The number of nitrogens with one attached hydrogen (secondary N) is 1. The second-order valence-corrected chi connectivity index (χ2v) is 10.7. The lowest BCUT2D eigenvalue weighted by atomic mass is 10.0. The molecule has 2 aromatic carbocycles. The number of H-pyrrole nitrogens is 1. The molecule has 0 unspecified atom stereocenters. The number of anilines is 2. The number of imidazole rings is 1. The zero-order valence-electron chi connectivity index (χ0n) is 18.7. The molecule has 1 N–H and O–H groups in total. The lowest BCUT2D eigenvalue weighted by molar-refractivity contribution is 0.128. The number of benzene rings is 2. The van der Waals surface area contributed by atoms with Gasteiger partial charge < -0.3 is 14.8 Å². The van der Waals surface area contributed by atoms with Crippen LogP contribution in [-0.4, -0.2) is 40.6 Å². The average Bonchev–Trinajstić information content (AvgIpc) is 3.26. The summed E-state index contributed by atoms with van der Waals surface area (Å²) in [6, 6.07) is 7.77. The lowest BCUT2D eigenvalue weighted by Gasteiger charge is -2.40. The van der Waals surface area contributed by atoms with E-state index in [0.717, 1.165) is 51.1 Å². The maximum absolute atomic E-state index is 14.3. The second-order valence-electron chi connectivity index (χ2n) is 8.53. The predicted molar refractivity (Wildman–Crippen MR) is 140 cm³/mol. The Morgan fingerprint density at radius 1 is 1.11 bits per heavy atom. The highest BCUT2D eigenvalue weighted by molar-refractivity contribution is 14.1. The van der Waals surface area contributed by atoms with E-state index in [2.05, 4.69) is 35.8 Å². The highest BCUT2D eigenvalue weighted by Gasteiger charge is 2.31. The van der Waals surface area contributed by atoms with Crippen molar-refractivity contribution in [1.29, 1.82) is 0 Å². The maximum atomic E-state index is 14.3. The summed E-state index contributed by atoms with van der Waals surface area (Å²) in [5.41, 5.74) is 0.145. The normalized spacial score (nSPS) is 16.7. The number of alkyl halides is 3. The van der Waals surface area contributed by atoms with E-state index in [-0.39, 0.29) is 33.8 Å². The summed E-state index contributed by atoms with van der Waals surface area (Å²) in [5.74, 6) is -3.18. The second kappa shape index (κ2) is 9.43. The van der Waals surface area contributed by atoms with Crippen molar-refractivity contribution in [1.82, 2.24) is 15.0 Å². The van der Waals surface area contributed by atoms with Gasteiger partial charge in [0.1, 0.15) is 5.82 Å². The first kappa shape index (κ1) is 25.2. The number of hydrogen-bond donors (Lipinski definition) is 1. The molecular weight excluding hydrogens is 660 g/mol. The van der Waals surface area contributed by atoms with Crippen LogP contribution in [0.4, 0.5) is 33.7 Å². The van der Waals surface area contributed by atoms with Crippen LogP contribution in [0.3, 0.4) is 0 Å². The van der Waals surface area contributed by atoms with Crippen LogP contribution in [0.15, 0.2) is 47.1 Å². The van der Waals surface area contributed by atoms with Crippen LogP contribution < -0.4 is 9.80 Å². The van der Waals surface area contributed by atoms with Crippen molar-refractivity contribution in [2.24, 2.45) is 0 Å². The van der Waals surface area contributed by atoms with Crippen molar-refractivity contribution >= 4 is 61.3 Å². The Morgan fingerprint density at radius 2 is 1.83 bits per heavy atom. The van der Waals surface area contributed by atoms with Gasteiger partial charge in [-0.25, -0.2) is 23.1 Å². The van der Waals surface area contributed by atoms with Crippen LogP contribution in [0.2, 0.25) is 0 Å². The van der Waals surface area contributed by atoms with E-state index >= 15 is 0 Å². The summed E-state index contributed by atoms with van der Waals surface area (Å²) in [5, 5.41) is 0. The number of pyridine rings is 1. The van der Waals surface area contributed by atoms with E-state index in [9.17, 15) is 22.0 Å². The molecule has 188 valence electrons. The zero-order valence-corrected chi connectivity index (χ0v) is 22.4. The quantitative estimate of drug-likeness (QED) is 0.109. The number of rotatable bonds is 4. The van der Waals surface area contributed by atoms with Gasteiger partial charge in [-0.3, -0.25) is 0 Å². The number of aromatic amines is 1. The van der Waals surface area contributed by atoms with Crippen LogP contribution in [-0.2, 0) is 3.93 Å². The first-order chi connectivity index (χ1) is 17.0.